The van der Waals surface area contributed by atoms with Crippen LogP contribution in [0.1, 0.15) is 20.3 Å². The van der Waals surface area contributed by atoms with Crippen molar-refractivity contribution in [2.75, 3.05) is 39.5 Å². The average molecular weight is 238 g/mol. The Morgan fingerprint density at radius 3 is 1.38 bits per heavy atom. The van der Waals surface area contributed by atoms with Crippen molar-refractivity contribution >= 4 is 0 Å². The Hall–Kier alpha value is -0.240. The van der Waals surface area contributed by atoms with Gasteiger partial charge in [0.05, 0.1) is 19.8 Å². The summed E-state index contributed by atoms with van der Waals surface area (Å²) in [6.45, 7) is 5.16. The number of hydrogen-bond acceptors (Lipinski definition) is 6. The summed E-state index contributed by atoms with van der Waals surface area (Å²) in [5, 5.41) is 34.1. The zero-order valence-electron chi connectivity index (χ0n) is 10.3. The summed E-state index contributed by atoms with van der Waals surface area (Å²) in [6, 6.07) is 0. The Morgan fingerprint density at radius 1 is 1.00 bits per heavy atom. The molecule has 100 valence electrons. The first-order chi connectivity index (χ1) is 7.41. The van der Waals surface area contributed by atoms with Crippen LogP contribution in [0.2, 0.25) is 0 Å². The quantitative estimate of drug-likeness (QED) is 0.339. The minimum absolute atomic E-state index is 0.0694. The Labute approximate surface area is 97.3 Å². The van der Waals surface area contributed by atoms with E-state index in [1.807, 2.05) is 6.92 Å². The van der Waals surface area contributed by atoms with Gasteiger partial charge in [0.2, 0.25) is 0 Å². The molecule has 0 saturated carbocycles. The molecule has 0 radical (unpaired) electrons. The largest absolute Gasteiger partial charge is 0.395 e. The standard InChI is InChI=1S/C6H15NO3.C4H11NO/c8-4-1-7(2-5-9)3-6-10;1-3-4(2,5)6/h8-10H,1-6H2;6H,3,5H2,1-2H3. The second-order valence-electron chi connectivity index (χ2n) is 3.72. The highest BCUT2D eigenvalue weighted by Crippen LogP contribution is 1.94. The van der Waals surface area contributed by atoms with Crippen LogP contribution in [0, 0.1) is 0 Å². The summed E-state index contributed by atoms with van der Waals surface area (Å²) >= 11 is 0. The van der Waals surface area contributed by atoms with E-state index < -0.39 is 5.72 Å². The first-order valence-corrected chi connectivity index (χ1v) is 5.47. The lowest BCUT2D eigenvalue weighted by atomic mass is 10.2. The highest BCUT2D eigenvalue weighted by molar-refractivity contribution is 4.56. The maximum absolute atomic E-state index is 8.60. The molecule has 0 heterocycles. The highest BCUT2D eigenvalue weighted by atomic mass is 16.3. The molecule has 16 heavy (non-hydrogen) atoms. The van der Waals surface area contributed by atoms with Crippen molar-refractivity contribution in [2.45, 2.75) is 26.0 Å². The van der Waals surface area contributed by atoms with E-state index in [-0.39, 0.29) is 19.8 Å². The van der Waals surface area contributed by atoms with Crippen molar-refractivity contribution in [3.05, 3.63) is 0 Å². The van der Waals surface area contributed by atoms with Crippen molar-refractivity contribution < 1.29 is 20.4 Å². The van der Waals surface area contributed by atoms with Crippen LogP contribution in [-0.2, 0) is 0 Å². The van der Waals surface area contributed by atoms with Gasteiger partial charge < -0.3 is 26.2 Å². The molecule has 0 bridgehead atoms. The molecule has 6 heteroatoms. The molecule has 0 fully saturated rings. The van der Waals surface area contributed by atoms with E-state index in [9.17, 15) is 0 Å². The molecule has 1 atom stereocenters. The van der Waals surface area contributed by atoms with Gasteiger partial charge in [-0.25, -0.2) is 0 Å². The van der Waals surface area contributed by atoms with Crippen LogP contribution in [-0.4, -0.2) is 70.5 Å². The minimum Gasteiger partial charge on any atom is -0.395 e. The number of aliphatic hydroxyl groups is 4. The fourth-order valence-corrected chi connectivity index (χ4v) is 0.760. The lowest BCUT2D eigenvalue weighted by Crippen LogP contribution is -2.34. The first-order valence-electron chi connectivity index (χ1n) is 5.47. The number of nitrogens with zero attached hydrogens (tertiary/aromatic N) is 1. The summed E-state index contributed by atoms with van der Waals surface area (Å²) in [6.07, 6.45) is 0.604. The molecule has 0 aromatic carbocycles. The molecule has 1 unspecified atom stereocenters. The predicted octanol–water partition coefficient (Wildman–Crippen LogP) is -1.67. The van der Waals surface area contributed by atoms with Gasteiger partial charge in [0.15, 0.2) is 0 Å². The number of hydrogen-bond donors (Lipinski definition) is 5. The molecular formula is C10H26N2O4. The topological polar surface area (TPSA) is 110 Å². The van der Waals surface area contributed by atoms with Crippen LogP contribution in [0.25, 0.3) is 0 Å². The number of aliphatic hydroxyl groups excluding tert-OH is 3. The van der Waals surface area contributed by atoms with E-state index in [2.05, 4.69) is 0 Å². The summed E-state index contributed by atoms with van der Waals surface area (Å²) in [5.74, 6) is 0. The molecule has 0 amide bonds. The smallest absolute Gasteiger partial charge is 0.110 e. The molecule has 0 aromatic rings. The molecular weight excluding hydrogens is 212 g/mol. The maximum Gasteiger partial charge on any atom is 0.110 e. The molecule has 0 aliphatic rings. The van der Waals surface area contributed by atoms with Crippen LogP contribution in [0.3, 0.4) is 0 Å². The van der Waals surface area contributed by atoms with E-state index in [1.54, 1.807) is 11.8 Å². The van der Waals surface area contributed by atoms with Crippen molar-refractivity contribution in [3.63, 3.8) is 0 Å². The van der Waals surface area contributed by atoms with Crippen molar-refractivity contribution in [2.24, 2.45) is 5.73 Å². The van der Waals surface area contributed by atoms with E-state index in [1.165, 1.54) is 0 Å². The van der Waals surface area contributed by atoms with E-state index in [0.717, 1.165) is 0 Å². The van der Waals surface area contributed by atoms with Crippen molar-refractivity contribution in [1.29, 1.82) is 0 Å². The third kappa shape index (κ3) is 16.2. The van der Waals surface area contributed by atoms with E-state index in [0.29, 0.717) is 26.1 Å². The fraction of sp³-hybridized carbons (Fsp3) is 1.00. The van der Waals surface area contributed by atoms with Gasteiger partial charge >= 0.3 is 0 Å². The molecule has 6 nitrogen and oxygen atoms in total. The minimum atomic E-state index is -0.958. The van der Waals surface area contributed by atoms with Crippen LogP contribution in [0.4, 0.5) is 0 Å². The van der Waals surface area contributed by atoms with Gasteiger partial charge in [-0.15, -0.1) is 0 Å². The monoisotopic (exact) mass is 238 g/mol. The zero-order valence-corrected chi connectivity index (χ0v) is 10.3. The Bertz CT molecular complexity index is 125. The van der Waals surface area contributed by atoms with Crippen LogP contribution in [0.15, 0.2) is 0 Å². The van der Waals surface area contributed by atoms with Gasteiger partial charge in [0.1, 0.15) is 5.72 Å². The summed E-state index contributed by atoms with van der Waals surface area (Å²) in [5.41, 5.74) is 4.13. The second-order valence-corrected chi connectivity index (χ2v) is 3.72. The first kappa shape index (κ1) is 18.1. The van der Waals surface area contributed by atoms with E-state index in [4.69, 9.17) is 26.2 Å². The third-order valence-electron chi connectivity index (χ3n) is 1.96. The lowest BCUT2D eigenvalue weighted by Gasteiger charge is -2.17. The van der Waals surface area contributed by atoms with Crippen LogP contribution >= 0.6 is 0 Å². The molecule has 0 aromatic heterocycles. The lowest BCUT2D eigenvalue weighted by molar-refractivity contribution is 0.0632. The Balaban J connectivity index is 0. The fourth-order valence-electron chi connectivity index (χ4n) is 0.760. The van der Waals surface area contributed by atoms with Crippen molar-refractivity contribution in [3.8, 4) is 0 Å². The van der Waals surface area contributed by atoms with Crippen LogP contribution < -0.4 is 5.73 Å². The number of nitrogens with two attached hydrogens (primary N) is 1. The van der Waals surface area contributed by atoms with Crippen molar-refractivity contribution in [1.82, 2.24) is 4.90 Å². The number of rotatable bonds is 7. The molecule has 0 aliphatic heterocycles. The zero-order chi connectivity index (χ0) is 13.0. The highest BCUT2D eigenvalue weighted by Gasteiger charge is 2.06. The summed E-state index contributed by atoms with van der Waals surface area (Å²) in [7, 11) is 0. The Morgan fingerprint density at radius 2 is 1.25 bits per heavy atom. The maximum atomic E-state index is 8.60. The molecule has 0 saturated heterocycles. The molecule has 0 aliphatic carbocycles. The Kier molecular flexibility index (Phi) is 12.8. The average Bonchev–Trinajstić information content (AvgIpc) is 2.19. The normalized spacial score (nSPS) is 14.2. The van der Waals surface area contributed by atoms with Gasteiger partial charge in [0, 0.05) is 19.6 Å². The van der Waals surface area contributed by atoms with Gasteiger partial charge in [-0.3, -0.25) is 4.90 Å². The van der Waals surface area contributed by atoms with Crippen LogP contribution in [0.5, 0.6) is 0 Å². The summed E-state index contributed by atoms with van der Waals surface area (Å²) in [4.78, 5) is 1.79. The van der Waals surface area contributed by atoms with E-state index >= 15 is 0 Å². The molecule has 0 rings (SSSR count). The SMILES string of the molecule is CCC(C)(N)O.OCCN(CCO)CCO. The third-order valence-corrected chi connectivity index (χ3v) is 1.96. The van der Waals surface area contributed by atoms with Gasteiger partial charge in [-0.2, -0.15) is 0 Å². The second kappa shape index (κ2) is 11.3. The predicted molar refractivity (Wildman–Crippen MR) is 62.8 cm³/mol. The molecule has 6 N–H and O–H groups in total. The van der Waals surface area contributed by atoms with Gasteiger partial charge in [0.25, 0.3) is 0 Å². The van der Waals surface area contributed by atoms with Gasteiger partial charge in [-0.1, -0.05) is 6.92 Å². The molecule has 0 spiro atoms. The summed E-state index contributed by atoms with van der Waals surface area (Å²) < 4.78 is 0. The van der Waals surface area contributed by atoms with Gasteiger partial charge in [-0.05, 0) is 13.3 Å².